The van der Waals surface area contributed by atoms with E-state index < -0.39 is 35.7 Å². The fourth-order valence-electron chi connectivity index (χ4n) is 5.29. The van der Waals surface area contributed by atoms with Crippen LogP contribution in [0.2, 0.25) is 0 Å². The SMILES string of the molecule is CC(C)CN(c1cc(F)c(-c2cc(F)ccc2C(=O)O)cc1NC(=O)Nc1ccc(OC(F)(F)F)cc1)C1CCCCC1. The van der Waals surface area contributed by atoms with E-state index in [0.717, 1.165) is 62.4 Å². The number of halogens is 5. The van der Waals surface area contributed by atoms with E-state index in [9.17, 15) is 32.3 Å². The van der Waals surface area contributed by atoms with Crippen LogP contribution in [0.5, 0.6) is 5.75 Å². The first-order valence-electron chi connectivity index (χ1n) is 13.9. The summed E-state index contributed by atoms with van der Waals surface area (Å²) in [5.41, 5.74) is -0.0699. The maximum Gasteiger partial charge on any atom is 0.573 e. The number of carboxylic acid groups (broad SMARTS) is 1. The fourth-order valence-corrected chi connectivity index (χ4v) is 5.29. The van der Waals surface area contributed by atoms with E-state index in [-0.39, 0.29) is 40.0 Å². The summed E-state index contributed by atoms with van der Waals surface area (Å²) in [4.78, 5) is 27.1. The van der Waals surface area contributed by atoms with Gasteiger partial charge in [-0.05, 0) is 73.4 Å². The van der Waals surface area contributed by atoms with E-state index in [1.165, 1.54) is 24.3 Å². The predicted molar refractivity (Wildman–Crippen MR) is 154 cm³/mol. The lowest BCUT2D eigenvalue weighted by Gasteiger charge is -2.38. The first-order valence-corrected chi connectivity index (χ1v) is 13.9. The van der Waals surface area contributed by atoms with E-state index >= 15 is 4.39 Å². The van der Waals surface area contributed by atoms with Crippen LogP contribution in [0.15, 0.2) is 54.6 Å². The minimum Gasteiger partial charge on any atom is -0.478 e. The largest absolute Gasteiger partial charge is 0.573 e. The Morgan fingerprint density at radius 3 is 2.23 bits per heavy atom. The molecule has 3 aromatic carbocycles. The number of rotatable bonds is 9. The molecule has 12 heteroatoms. The monoisotopic (exact) mass is 605 g/mol. The topological polar surface area (TPSA) is 90.9 Å². The normalized spacial score (nSPS) is 14.0. The first kappa shape index (κ1) is 31.6. The van der Waals surface area contributed by atoms with Crippen molar-refractivity contribution in [3.63, 3.8) is 0 Å². The average Bonchev–Trinajstić information content (AvgIpc) is 2.93. The van der Waals surface area contributed by atoms with Crippen LogP contribution in [-0.4, -0.2) is 36.1 Å². The second kappa shape index (κ2) is 13.3. The molecule has 0 unspecified atom stereocenters. The number of carbonyl (C=O) groups is 2. The number of benzene rings is 3. The summed E-state index contributed by atoms with van der Waals surface area (Å²) in [7, 11) is 0. The van der Waals surface area contributed by atoms with Crippen LogP contribution in [0.25, 0.3) is 11.1 Å². The summed E-state index contributed by atoms with van der Waals surface area (Å²) in [5, 5.41) is 14.9. The molecule has 1 aliphatic rings. The number of anilines is 3. The number of aromatic carboxylic acids is 1. The highest BCUT2D eigenvalue weighted by molar-refractivity contribution is 6.03. The minimum atomic E-state index is -4.87. The molecule has 0 heterocycles. The highest BCUT2D eigenvalue weighted by Crippen LogP contribution is 2.39. The van der Waals surface area contributed by atoms with E-state index in [1.54, 1.807) is 0 Å². The third kappa shape index (κ3) is 8.36. The second-order valence-electron chi connectivity index (χ2n) is 10.8. The van der Waals surface area contributed by atoms with Gasteiger partial charge in [0, 0.05) is 29.4 Å². The van der Waals surface area contributed by atoms with Crippen LogP contribution < -0.4 is 20.3 Å². The summed E-state index contributed by atoms with van der Waals surface area (Å²) in [6.45, 7) is 4.57. The molecule has 230 valence electrons. The summed E-state index contributed by atoms with van der Waals surface area (Å²) in [6, 6.07) is 9.22. The molecule has 1 fully saturated rings. The molecular formula is C31H32F5N3O4. The van der Waals surface area contributed by atoms with Crippen molar-refractivity contribution in [2.24, 2.45) is 5.92 Å². The van der Waals surface area contributed by atoms with Crippen molar-refractivity contribution in [1.29, 1.82) is 0 Å². The molecule has 1 saturated carbocycles. The van der Waals surface area contributed by atoms with Gasteiger partial charge in [0.2, 0.25) is 0 Å². The van der Waals surface area contributed by atoms with Gasteiger partial charge < -0.3 is 25.4 Å². The molecule has 2 amide bonds. The van der Waals surface area contributed by atoms with E-state index in [2.05, 4.69) is 15.4 Å². The van der Waals surface area contributed by atoms with Crippen LogP contribution >= 0.6 is 0 Å². The number of hydrogen-bond acceptors (Lipinski definition) is 4. The van der Waals surface area contributed by atoms with Crippen LogP contribution in [-0.2, 0) is 0 Å². The lowest BCUT2D eigenvalue weighted by molar-refractivity contribution is -0.274. The zero-order chi connectivity index (χ0) is 31.3. The molecule has 43 heavy (non-hydrogen) atoms. The first-order chi connectivity index (χ1) is 20.3. The van der Waals surface area contributed by atoms with Gasteiger partial charge >= 0.3 is 18.4 Å². The fraction of sp³-hybridized carbons (Fsp3) is 0.355. The molecule has 0 saturated heterocycles. The maximum atomic E-state index is 15.8. The van der Waals surface area contributed by atoms with Crippen molar-refractivity contribution < 1.29 is 41.4 Å². The Morgan fingerprint density at radius 2 is 1.63 bits per heavy atom. The van der Waals surface area contributed by atoms with Gasteiger partial charge in [0.25, 0.3) is 0 Å². The molecule has 3 N–H and O–H groups in total. The third-order valence-corrected chi connectivity index (χ3v) is 7.07. The Balaban J connectivity index is 1.74. The Labute approximate surface area is 245 Å². The highest BCUT2D eigenvalue weighted by Gasteiger charge is 2.31. The molecule has 0 spiro atoms. The van der Waals surface area contributed by atoms with Gasteiger partial charge in [0.15, 0.2) is 0 Å². The Morgan fingerprint density at radius 1 is 0.953 bits per heavy atom. The van der Waals surface area contributed by atoms with Crippen molar-refractivity contribution in [1.82, 2.24) is 0 Å². The van der Waals surface area contributed by atoms with Crippen molar-refractivity contribution in [2.75, 3.05) is 22.1 Å². The van der Waals surface area contributed by atoms with Crippen molar-refractivity contribution in [3.8, 4) is 16.9 Å². The van der Waals surface area contributed by atoms with Crippen LogP contribution in [0.1, 0.15) is 56.3 Å². The third-order valence-electron chi connectivity index (χ3n) is 7.07. The van der Waals surface area contributed by atoms with Gasteiger partial charge in [0.1, 0.15) is 17.4 Å². The molecule has 1 aliphatic carbocycles. The molecule has 3 aromatic rings. The van der Waals surface area contributed by atoms with Crippen LogP contribution in [0.4, 0.5) is 43.8 Å². The summed E-state index contributed by atoms with van der Waals surface area (Å²) in [6.07, 6.45) is -0.0877. The van der Waals surface area contributed by atoms with Gasteiger partial charge in [-0.2, -0.15) is 0 Å². The highest BCUT2D eigenvalue weighted by atomic mass is 19.4. The number of amides is 2. The standard InChI is InChI=1S/C31H32F5N3O4/c1-18(2)17-39(21-6-4-3-5-7-21)28-16-26(33)25(24-14-19(32)8-13-23(24)29(40)41)15-27(28)38-30(42)37-20-9-11-22(12-10-20)43-31(34,35)36/h8-16,18,21H,3-7,17H2,1-2H3,(H,40,41)(H2,37,38,42). The van der Waals surface area contributed by atoms with Gasteiger partial charge in [-0.1, -0.05) is 33.1 Å². The molecule has 0 aliphatic heterocycles. The van der Waals surface area contributed by atoms with Crippen molar-refractivity contribution in [3.05, 3.63) is 71.8 Å². The summed E-state index contributed by atoms with van der Waals surface area (Å²) >= 11 is 0. The summed E-state index contributed by atoms with van der Waals surface area (Å²) in [5.74, 6) is -3.24. The summed E-state index contributed by atoms with van der Waals surface area (Å²) < 4.78 is 71.4. The molecule has 7 nitrogen and oxygen atoms in total. The van der Waals surface area contributed by atoms with Gasteiger partial charge in [-0.25, -0.2) is 18.4 Å². The number of hydrogen-bond donors (Lipinski definition) is 3. The Kier molecular flexibility index (Phi) is 9.77. The number of urea groups is 1. The van der Waals surface area contributed by atoms with Crippen LogP contribution in [0, 0.1) is 17.6 Å². The molecular weight excluding hydrogens is 573 g/mol. The average molecular weight is 606 g/mol. The number of carbonyl (C=O) groups excluding carboxylic acids is 1. The van der Waals surface area contributed by atoms with Crippen molar-refractivity contribution >= 4 is 29.1 Å². The van der Waals surface area contributed by atoms with Crippen LogP contribution in [0.3, 0.4) is 0 Å². The number of ether oxygens (including phenoxy) is 1. The molecule has 0 atom stereocenters. The Bertz CT molecular complexity index is 1460. The zero-order valence-electron chi connectivity index (χ0n) is 23.6. The number of carboxylic acids is 1. The van der Waals surface area contributed by atoms with Gasteiger partial charge in [-0.15, -0.1) is 13.2 Å². The van der Waals surface area contributed by atoms with E-state index in [0.29, 0.717) is 12.2 Å². The maximum absolute atomic E-state index is 15.8. The lowest BCUT2D eigenvalue weighted by Crippen LogP contribution is -2.40. The van der Waals surface area contributed by atoms with Gasteiger partial charge in [-0.3, -0.25) is 0 Å². The molecule has 0 aromatic heterocycles. The minimum absolute atomic E-state index is 0.0648. The molecule has 0 radical (unpaired) electrons. The second-order valence-corrected chi connectivity index (χ2v) is 10.8. The predicted octanol–water partition coefficient (Wildman–Crippen LogP) is 8.67. The number of nitrogens with zero attached hydrogens (tertiary/aromatic N) is 1. The van der Waals surface area contributed by atoms with Crippen molar-refractivity contribution in [2.45, 2.75) is 58.4 Å². The number of alkyl halides is 3. The quantitative estimate of drug-likeness (QED) is 0.212. The lowest BCUT2D eigenvalue weighted by atomic mass is 9.92. The Hall–Kier alpha value is -4.35. The molecule has 4 rings (SSSR count). The van der Waals surface area contributed by atoms with E-state index in [4.69, 9.17) is 0 Å². The van der Waals surface area contributed by atoms with Gasteiger partial charge in [0.05, 0.1) is 16.9 Å². The molecule has 0 bridgehead atoms. The van der Waals surface area contributed by atoms with E-state index in [1.807, 2.05) is 18.7 Å². The number of nitrogens with one attached hydrogen (secondary N) is 2. The zero-order valence-corrected chi connectivity index (χ0v) is 23.6. The smallest absolute Gasteiger partial charge is 0.478 e.